The van der Waals surface area contributed by atoms with Crippen molar-refractivity contribution < 1.29 is 9.47 Å². The van der Waals surface area contributed by atoms with Gasteiger partial charge in [-0.2, -0.15) is 0 Å². The third-order valence-corrected chi connectivity index (χ3v) is 1.22. The van der Waals surface area contributed by atoms with Gasteiger partial charge in [0, 0.05) is 0 Å². The van der Waals surface area contributed by atoms with Crippen molar-refractivity contribution in [3.8, 4) is 0 Å². The second-order valence-electron chi connectivity index (χ2n) is 1.96. The van der Waals surface area contributed by atoms with E-state index in [2.05, 4.69) is 6.92 Å². The molecule has 0 atom stereocenters. The minimum absolute atomic E-state index is 0.111. The minimum Gasteiger partial charge on any atom is -0.350 e. The van der Waals surface area contributed by atoms with Gasteiger partial charge in [-0.15, -0.1) is 0 Å². The fraction of sp³-hybridized carbons (Fsp3) is 1.00. The Morgan fingerprint density at radius 2 is 2.00 bits per heavy atom. The molecule has 0 aliphatic carbocycles. The van der Waals surface area contributed by atoms with Crippen LogP contribution in [0.5, 0.6) is 0 Å². The van der Waals surface area contributed by atoms with Crippen molar-refractivity contribution in [2.45, 2.75) is 26.1 Å². The largest absolute Gasteiger partial charge is 0.350 e. The molecular weight excluding hydrogens is 104 g/mol. The zero-order valence-corrected chi connectivity index (χ0v) is 5.22. The first kappa shape index (κ1) is 6.05. The minimum atomic E-state index is 0.111. The van der Waals surface area contributed by atoms with E-state index in [-0.39, 0.29) is 6.29 Å². The first-order chi connectivity index (χ1) is 3.93. The van der Waals surface area contributed by atoms with Crippen LogP contribution in [0.4, 0.5) is 0 Å². The zero-order chi connectivity index (χ0) is 5.82. The van der Waals surface area contributed by atoms with Gasteiger partial charge < -0.3 is 9.47 Å². The molecular formula is C6H12O2. The molecule has 0 saturated carbocycles. The fourth-order valence-corrected chi connectivity index (χ4v) is 0.810. The predicted octanol–water partition coefficient (Wildman–Crippen LogP) is 1.16. The van der Waals surface area contributed by atoms with Gasteiger partial charge in [0.25, 0.3) is 0 Å². The maximum absolute atomic E-state index is 5.17. The monoisotopic (exact) mass is 116 g/mol. The third-order valence-electron chi connectivity index (χ3n) is 1.22. The SMILES string of the molecule is CCCC1OCCO1. The summed E-state index contributed by atoms with van der Waals surface area (Å²) in [6.45, 7) is 3.69. The normalized spacial score (nSPS) is 22.1. The molecule has 0 amide bonds. The van der Waals surface area contributed by atoms with Crippen molar-refractivity contribution in [1.29, 1.82) is 0 Å². The van der Waals surface area contributed by atoms with E-state index in [9.17, 15) is 0 Å². The van der Waals surface area contributed by atoms with E-state index in [4.69, 9.17) is 9.47 Å². The molecule has 1 rings (SSSR count). The summed E-state index contributed by atoms with van der Waals surface area (Å²) >= 11 is 0. The Balaban J connectivity index is 2.06. The van der Waals surface area contributed by atoms with Crippen LogP contribution in [0.25, 0.3) is 0 Å². The molecule has 0 unspecified atom stereocenters. The van der Waals surface area contributed by atoms with Crippen molar-refractivity contribution in [3.05, 3.63) is 0 Å². The fourth-order valence-electron chi connectivity index (χ4n) is 0.810. The molecule has 8 heavy (non-hydrogen) atoms. The zero-order valence-electron chi connectivity index (χ0n) is 5.22. The first-order valence-corrected chi connectivity index (χ1v) is 3.16. The van der Waals surface area contributed by atoms with Crippen molar-refractivity contribution in [1.82, 2.24) is 0 Å². The molecule has 0 bridgehead atoms. The van der Waals surface area contributed by atoms with Crippen molar-refractivity contribution in [2.75, 3.05) is 13.2 Å². The highest BCUT2D eigenvalue weighted by Crippen LogP contribution is 2.08. The number of ether oxygens (including phenoxy) is 2. The molecule has 1 aliphatic rings. The molecule has 2 nitrogen and oxygen atoms in total. The molecule has 48 valence electrons. The Morgan fingerprint density at radius 1 is 1.38 bits per heavy atom. The quantitative estimate of drug-likeness (QED) is 0.539. The lowest BCUT2D eigenvalue weighted by Crippen LogP contribution is -2.05. The molecule has 1 saturated heterocycles. The van der Waals surface area contributed by atoms with E-state index in [0.717, 1.165) is 26.1 Å². The lowest BCUT2D eigenvalue weighted by molar-refractivity contribution is -0.0468. The van der Waals surface area contributed by atoms with Gasteiger partial charge >= 0.3 is 0 Å². The first-order valence-electron chi connectivity index (χ1n) is 3.16. The van der Waals surface area contributed by atoms with Crippen LogP contribution < -0.4 is 0 Å². The molecule has 0 radical (unpaired) electrons. The van der Waals surface area contributed by atoms with Gasteiger partial charge in [-0.05, 0) is 6.42 Å². The predicted molar refractivity (Wildman–Crippen MR) is 30.6 cm³/mol. The molecule has 0 aromatic carbocycles. The average Bonchev–Trinajstić information content (AvgIpc) is 2.19. The Hall–Kier alpha value is -0.0800. The molecule has 1 aliphatic heterocycles. The lowest BCUT2D eigenvalue weighted by atomic mass is 10.3. The number of hydrogen-bond acceptors (Lipinski definition) is 2. The van der Waals surface area contributed by atoms with Gasteiger partial charge in [-0.3, -0.25) is 0 Å². The summed E-state index contributed by atoms with van der Waals surface area (Å²) in [5, 5.41) is 0. The summed E-state index contributed by atoms with van der Waals surface area (Å²) in [6, 6.07) is 0. The number of rotatable bonds is 2. The standard InChI is InChI=1S/C6H12O2/c1-2-3-6-7-4-5-8-6/h6H,2-5H2,1H3. The van der Waals surface area contributed by atoms with E-state index >= 15 is 0 Å². The van der Waals surface area contributed by atoms with Gasteiger partial charge in [0.15, 0.2) is 6.29 Å². The van der Waals surface area contributed by atoms with Gasteiger partial charge in [-0.1, -0.05) is 13.3 Å². The summed E-state index contributed by atoms with van der Waals surface area (Å²) in [5.41, 5.74) is 0. The summed E-state index contributed by atoms with van der Waals surface area (Å²) < 4.78 is 10.3. The maximum Gasteiger partial charge on any atom is 0.157 e. The summed E-state index contributed by atoms with van der Waals surface area (Å²) in [4.78, 5) is 0. The highest BCUT2D eigenvalue weighted by atomic mass is 16.7. The Bertz CT molecular complexity index is 57.5. The van der Waals surface area contributed by atoms with E-state index in [1.54, 1.807) is 0 Å². The van der Waals surface area contributed by atoms with Crippen LogP contribution in [-0.2, 0) is 9.47 Å². The van der Waals surface area contributed by atoms with Crippen LogP contribution in [0.3, 0.4) is 0 Å². The Kier molecular flexibility index (Phi) is 2.30. The van der Waals surface area contributed by atoms with Crippen LogP contribution in [0, 0.1) is 0 Å². The second kappa shape index (κ2) is 3.05. The van der Waals surface area contributed by atoms with Crippen molar-refractivity contribution in [2.24, 2.45) is 0 Å². The summed E-state index contributed by atoms with van der Waals surface area (Å²) in [6.07, 6.45) is 2.30. The van der Waals surface area contributed by atoms with Crippen LogP contribution in [-0.4, -0.2) is 19.5 Å². The van der Waals surface area contributed by atoms with Gasteiger partial charge in [0.1, 0.15) is 0 Å². The molecule has 0 N–H and O–H groups in total. The topological polar surface area (TPSA) is 18.5 Å². The molecule has 0 spiro atoms. The summed E-state index contributed by atoms with van der Waals surface area (Å²) in [5.74, 6) is 0. The van der Waals surface area contributed by atoms with Crippen molar-refractivity contribution in [3.63, 3.8) is 0 Å². The molecule has 1 heterocycles. The smallest absolute Gasteiger partial charge is 0.157 e. The second-order valence-corrected chi connectivity index (χ2v) is 1.96. The molecule has 2 heteroatoms. The highest BCUT2D eigenvalue weighted by Gasteiger charge is 2.13. The number of hydrogen-bond donors (Lipinski definition) is 0. The van der Waals surface area contributed by atoms with Gasteiger partial charge in [0.2, 0.25) is 0 Å². The lowest BCUT2D eigenvalue weighted by Gasteiger charge is -2.04. The molecule has 1 fully saturated rings. The van der Waals surface area contributed by atoms with Crippen molar-refractivity contribution >= 4 is 0 Å². The maximum atomic E-state index is 5.17. The van der Waals surface area contributed by atoms with E-state index < -0.39 is 0 Å². The van der Waals surface area contributed by atoms with E-state index in [1.807, 2.05) is 0 Å². The Morgan fingerprint density at radius 3 is 2.50 bits per heavy atom. The van der Waals surface area contributed by atoms with Crippen LogP contribution >= 0.6 is 0 Å². The highest BCUT2D eigenvalue weighted by molar-refractivity contribution is 4.49. The summed E-state index contributed by atoms with van der Waals surface area (Å²) in [7, 11) is 0. The van der Waals surface area contributed by atoms with Gasteiger partial charge in [-0.25, -0.2) is 0 Å². The van der Waals surface area contributed by atoms with E-state index in [0.29, 0.717) is 0 Å². The molecule has 0 aromatic heterocycles. The van der Waals surface area contributed by atoms with Gasteiger partial charge in [0.05, 0.1) is 13.2 Å². The third kappa shape index (κ3) is 1.46. The van der Waals surface area contributed by atoms with Crippen LogP contribution in [0.2, 0.25) is 0 Å². The van der Waals surface area contributed by atoms with Crippen LogP contribution in [0.15, 0.2) is 0 Å². The van der Waals surface area contributed by atoms with E-state index in [1.165, 1.54) is 0 Å². The van der Waals surface area contributed by atoms with Crippen LogP contribution in [0.1, 0.15) is 19.8 Å². The Labute approximate surface area is 49.8 Å². The average molecular weight is 116 g/mol. The molecule has 0 aromatic rings.